The lowest BCUT2D eigenvalue weighted by atomic mass is 9.80. The molecule has 0 spiro atoms. The first-order valence-corrected chi connectivity index (χ1v) is 16.6. The van der Waals surface area contributed by atoms with Gasteiger partial charge in [-0.25, -0.2) is 9.18 Å². The topological polar surface area (TPSA) is 76.0 Å². The van der Waals surface area contributed by atoms with E-state index in [1.807, 2.05) is 104 Å². The fraction of sp³-hybridized carbons (Fsp3) is 0.163. The van der Waals surface area contributed by atoms with Crippen molar-refractivity contribution in [3.8, 4) is 11.4 Å². The Morgan fingerprint density at radius 3 is 1.94 bits per heavy atom. The summed E-state index contributed by atoms with van der Waals surface area (Å²) in [6.45, 7) is 7.89. The van der Waals surface area contributed by atoms with E-state index in [4.69, 9.17) is 18.9 Å². The zero-order valence-electron chi connectivity index (χ0n) is 28.7. The van der Waals surface area contributed by atoms with E-state index >= 15 is 4.39 Å². The number of carbonyl (C=O) groups is 1. The normalized spacial score (nSPS) is 11.4. The summed E-state index contributed by atoms with van der Waals surface area (Å²) in [5.41, 5.74) is 3.09. The molecule has 51 heavy (non-hydrogen) atoms. The summed E-state index contributed by atoms with van der Waals surface area (Å²) in [6, 6.07) is 37.7. The van der Waals surface area contributed by atoms with Gasteiger partial charge in [0, 0.05) is 29.9 Å². The van der Waals surface area contributed by atoms with Crippen molar-refractivity contribution in [1.82, 2.24) is 4.57 Å². The molecule has 6 aromatic rings. The summed E-state index contributed by atoms with van der Waals surface area (Å²) in [7, 11) is 1.53. The Morgan fingerprint density at radius 2 is 1.41 bits per heavy atom. The van der Waals surface area contributed by atoms with Gasteiger partial charge in [-0.1, -0.05) is 97.6 Å². The van der Waals surface area contributed by atoms with E-state index < -0.39 is 22.8 Å². The Hall–Kier alpha value is -5.83. The maximum Gasteiger partial charge on any atom is 0.343 e. The predicted molar refractivity (Wildman–Crippen MR) is 197 cm³/mol. The van der Waals surface area contributed by atoms with Crippen LogP contribution >= 0.6 is 0 Å². The number of carbonyl (C=O) groups excluding carboxylic acids is 1. The van der Waals surface area contributed by atoms with Gasteiger partial charge in [0.15, 0.2) is 6.79 Å². The minimum absolute atomic E-state index is 0.0156. The van der Waals surface area contributed by atoms with Crippen LogP contribution in [0.15, 0.2) is 139 Å². The van der Waals surface area contributed by atoms with Crippen molar-refractivity contribution in [3.63, 3.8) is 0 Å². The molecule has 6 rings (SSSR count). The van der Waals surface area contributed by atoms with Gasteiger partial charge >= 0.3 is 5.97 Å². The molecule has 0 radical (unpaired) electrons. The first-order valence-electron chi connectivity index (χ1n) is 16.6. The van der Waals surface area contributed by atoms with E-state index in [-0.39, 0.29) is 36.5 Å². The Balaban J connectivity index is 1.48. The number of hydrogen-bond acceptors (Lipinski definition) is 6. The molecule has 0 aliphatic rings. The molecule has 5 aromatic carbocycles. The minimum Gasteiger partial charge on any atom is -0.468 e. The lowest BCUT2D eigenvalue weighted by molar-refractivity contribution is 0.0355. The lowest BCUT2D eigenvalue weighted by Crippen LogP contribution is -2.33. The number of aromatic nitrogens is 1. The average molecular weight is 684 g/mol. The fourth-order valence-corrected chi connectivity index (χ4v) is 6.33. The summed E-state index contributed by atoms with van der Waals surface area (Å²) >= 11 is 0. The zero-order valence-corrected chi connectivity index (χ0v) is 28.7. The third-order valence-electron chi connectivity index (χ3n) is 8.74. The molecule has 0 N–H and O–H groups in total. The number of pyridine rings is 1. The van der Waals surface area contributed by atoms with Gasteiger partial charge in [0.05, 0.1) is 18.7 Å². The number of rotatable bonds is 13. The number of halogens is 1. The molecular weight excluding hydrogens is 645 g/mol. The quantitative estimate of drug-likeness (QED) is 0.0690. The Bertz CT molecular complexity index is 2140. The molecule has 0 aliphatic heterocycles. The number of aryl methyl sites for hydroxylation is 1. The van der Waals surface area contributed by atoms with Crippen LogP contribution < -0.4 is 10.2 Å². The van der Waals surface area contributed by atoms with Crippen LogP contribution in [-0.2, 0) is 19.8 Å². The van der Waals surface area contributed by atoms with Crippen molar-refractivity contribution in [2.75, 3.05) is 27.1 Å². The SMILES string of the molecule is C=C(COC(c1ccccc1)(c1ccccc1)c1ccccc1)c1cc2c(cc1F)c(=O)c(C(=O)OCC)cn2-c1ccc(OCOC)cc1C. The molecule has 1 heterocycles. The van der Waals surface area contributed by atoms with E-state index in [1.54, 1.807) is 29.7 Å². The van der Waals surface area contributed by atoms with E-state index in [9.17, 15) is 9.59 Å². The second kappa shape index (κ2) is 15.4. The Morgan fingerprint density at radius 1 is 0.824 bits per heavy atom. The molecule has 0 aliphatic carbocycles. The molecule has 0 fully saturated rings. The highest BCUT2D eigenvalue weighted by Gasteiger charge is 2.38. The summed E-state index contributed by atoms with van der Waals surface area (Å²) < 4.78 is 40.7. The number of nitrogens with zero attached hydrogens (tertiary/aromatic N) is 1. The van der Waals surface area contributed by atoms with Gasteiger partial charge in [0.1, 0.15) is 22.7 Å². The molecule has 0 saturated heterocycles. The van der Waals surface area contributed by atoms with Crippen LogP contribution in [0.25, 0.3) is 22.2 Å². The second-order valence-electron chi connectivity index (χ2n) is 12.0. The number of hydrogen-bond donors (Lipinski definition) is 0. The highest BCUT2D eigenvalue weighted by atomic mass is 19.1. The predicted octanol–water partition coefficient (Wildman–Crippen LogP) is 8.62. The average Bonchev–Trinajstić information content (AvgIpc) is 3.16. The van der Waals surface area contributed by atoms with E-state index in [2.05, 4.69) is 6.58 Å². The summed E-state index contributed by atoms with van der Waals surface area (Å²) in [4.78, 5) is 26.6. The molecule has 8 heteroatoms. The van der Waals surface area contributed by atoms with Gasteiger partial charge < -0.3 is 23.5 Å². The molecule has 1 aromatic heterocycles. The first kappa shape index (κ1) is 35.0. The fourth-order valence-electron chi connectivity index (χ4n) is 6.33. The van der Waals surface area contributed by atoms with Crippen molar-refractivity contribution < 1.29 is 28.1 Å². The molecule has 0 atom stereocenters. The zero-order chi connectivity index (χ0) is 36.0. The molecule has 0 saturated carbocycles. The van der Waals surface area contributed by atoms with Crippen molar-refractivity contribution in [2.45, 2.75) is 19.4 Å². The third kappa shape index (κ3) is 6.97. The van der Waals surface area contributed by atoms with E-state index in [1.165, 1.54) is 13.3 Å². The smallest absolute Gasteiger partial charge is 0.343 e. The van der Waals surface area contributed by atoms with Gasteiger partial charge in [-0.3, -0.25) is 4.79 Å². The lowest BCUT2D eigenvalue weighted by Gasteiger charge is -2.36. The molecule has 0 amide bonds. The van der Waals surface area contributed by atoms with Crippen LogP contribution in [0.2, 0.25) is 0 Å². The van der Waals surface area contributed by atoms with Gasteiger partial charge in [-0.05, 0) is 72.0 Å². The standard InChI is InChI=1S/C43H38FNO6/c1-5-49-42(47)37-26-45(39-22-21-34(23-29(39)2)50-28-48-4)40-25-35(38(44)24-36(40)41(37)46)30(3)27-51-43(31-15-9-6-10-16-31,32-17-11-7-12-18-32)33-19-13-8-14-20-33/h6-26H,3,5,27-28H2,1-2,4H3. The van der Waals surface area contributed by atoms with Crippen LogP contribution in [0, 0.1) is 12.7 Å². The van der Waals surface area contributed by atoms with Crippen LogP contribution in [0.4, 0.5) is 4.39 Å². The third-order valence-corrected chi connectivity index (χ3v) is 8.74. The maximum absolute atomic E-state index is 16.2. The van der Waals surface area contributed by atoms with E-state index in [0.717, 1.165) is 28.3 Å². The summed E-state index contributed by atoms with van der Waals surface area (Å²) in [5, 5.41) is 0.0156. The highest BCUT2D eigenvalue weighted by Crippen LogP contribution is 2.41. The van der Waals surface area contributed by atoms with Gasteiger partial charge in [0.2, 0.25) is 5.43 Å². The van der Waals surface area contributed by atoms with Gasteiger partial charge in [-0.15, -0.1) is 0 Å². The van der Waals surface area contributed by atoms with Crippen molar-refractivity contribution >= 4 is 22.4 Å². The van der Waals surface area contributed by atoms with E-state index in [0.29, 0.717) is 22.5 Å². The molecule has 0 unspecified atom stereocenters. The van der Waals surface area contributed by atoms with Crippen molar-refractivity contribution in [2.24, 2.45) is 0 Å². The summed E-state index contributed by atoms with van der Waals surface area (Å²) in [6.07, 6.45) is 1.44. The molecule has 0 bridgehead atoms. The van der Waals surface area contributed by atoms with Crippen LogP contribution in [0.5, 0.6) is 5.75 Å². The number of methoxy groups -OCH3 is 1. The Kier molecular flexibility index (Phi) is 10.6. The molecule has 7 nitrogen and oxygen atoms in total. The van der Waals surface area contributed by atoms with Crippen molar-refractivity contribution in [3.05, 3.63) is 184 Å². The monoisotopic (exact) mass is 683 g/mol. The second-order valence-corrected chi connectivity index (χ2v) is 12.0. The number of fused-ring (bicyclic) bond motifs is 1. The largest absolute Gasteiger partial charge is 0.468 e. The first-order chi connectivity index (χ1) is 24.8. The molecular formula is C43H38FNO6. The maximum atomic E-state index is 16.2. The van der Waals surface area contributed by atoms with Crippen LogP contribution in [-0.4, -0.2) is 37.7 Å². The van der Waals surface area contributed by atoms with Crippen molar-refractivity contribution in [1.29, 1.82) is 0 Å². The number of ether oxygens (including phenoxy) is 4. The summed E-state index contributed by atoms with van der Waals surface area (Å²) in [5.74, 6) is -0.896. The van der Waals surface area contributed by atoms with Crippen LogP contribution in [0.1, 0.15) is 45.1 Å². The van der Waals surface area contributed by atoms with Gasteiger partial charge in [0.25, 0.3) is 0 Å². The van der Waals surface area contributed by atoms with Crippen LogP contribution in [0.3, 0.4) is 0 Å². The Labute approximate surface area is 296 Å². The minimum atomic E-state index is -1.06. The van der Waals surface area contributed by atoms with Gasteiger partial charge in [-0.2, -0.15) is 0 Å². The number of benzene rings is 5. The molecule has 258 valence electrons. The number of esters is 1. The highest BCUT2D eigenvalue weighted by molar-refractivity contribution is 5.95.